The number of hydrogen-bond donors (Lipinski definition) is 0. The molecule has 0 saturated carbocycles. The Morgan fingerprint density at radius 3 is 1.71 bits per heavy atom. The molecule has 0 aliphatic rings. The van der Waals surface area contributed by atoms with Gasteiger partial charge in [-0.3, -0.25) is 0 Å². The minimum Gasteiger partial charge on any atom is -0.468 e. The molecule has 0 N–H and O–H groups in total. The second kappa shape index (κ2) is 6.72. The largest absolute Gasteiger partial charge is 0.468 e. The molecule has 0 unspecified atom stereocenters. The van der Waals surface area contributed by atoms with Crippen molar-refractivity contribution in [1.29, 1.82) is 0 Å². The van der Waals surface area contributed by atoms with Gasteiger partial charge in [0, 0.05) is 42.3 Å². The lowest BCUT2D eigenvalue weighted by Crippen LogP contribution is -2.30. The molecule has 0 aliphatic heterocycles. The SMILES string of the molecule is CO/C(=N\C(=N\C(=O)N(C)C)N(C)C)N(C)C. The number of ether oxygens (including phenoxy) is 1. The Bertz CT molecular complexity index is 321. The first-order chi connectivity index (χ1) is 7.79. The number of urea groups is 1. The zero-order valence-electron chi connectivity index (χ0n) is 11.6. The van der Waals surface area contributed by atoms with Gasteiger partial charge in [-0.2, -0.15) is 9.98 Å². The van der Waals surface area contributed by atoms with E-state index >= 15 is 0 Å². The van der Waals surface area contributed by atoms with Gasteiger partial charge in [-0.05, 0) is 0 Å². The summed E-state index contributed by atoms with van der Waals surface area (Å²) in [6.07, 6.45) is 0. The van der Waals surface area contributed by atoms with E-state index in [1.54, 1.807) is 52.1 Å². The highest BCUT2D eigenvalue weighted by atomic mass is 16.5. The second-order valence-electron chi connectivity index (χ2n) is 3.98. The van der Waals surface area contributed by atoms with E-state index in [9.17, 15) is 4.79 Å². The Kier molecular flexibility index (Phi) is 6.01. The summed E-state index contributed by atoms with van der Waals surface area (Å²) in [6.45, 7) is 0. The summed E-state index contributed by atoms with van der Waals surface area (Å²) in [5.74, 6) is 0.286. The number of hydrogen-bond acceptors (Lipinski definition) is 2. The predicted octanol–water partition coefficient (Wildman–Crippen LogP) is 0.150. The monoisotopic (exact) mass is 243 g/mol. The summed E-state index contributed by atoms with van der Waals surface area (Å²) < 4.78 is 5.08. The molecule has 0 aliphatic carbocycles. The van der Waals surface area contributed by atoms with Crippen LogP contribution in [0.3, 0.4) is 0 Å². The normalized spacial score (nSPS) is 12.2. The number of amidine groups is 1. The smallest absolute Gasteiger partial charge is 0.346 e. The number of rotatable bonds is 0. The van der Waals surface area contributed by atoms with Crippen LogP contribution >= 0.6 is 0 Å². The molecule has 0 atom stereocenters. The Morgan fingerprint density at radius 2 is 1.41 bits per heavy atom. The third-order valence-electron chi connectivity index (χ3n) is 1.74. The van der Waals surface area contributed by atoms with Crippen LogP contribution in [-0.2, 0) is 4.74 Å². The lowest BCUT2D eigenvalue weighted by molar-refractivity contribution is 0.227. The molecule has 17 heavy (non-hydrogen) atoms. The maximum atomic E-state index is 11.5. The van der Waals surface area contributed by atoms with Crippen molar-refractivity contribution in [2.45, 2.75) is 0 Å². The lowest BCUT2D eigenvalue weighted by Gasteiger charge is -2.17. The van der Waals surface area contributed by atoms with Crippen LogP contribution < -0.4 is 0 Å². The Hall–Kier alpha value is -1.79. The molecular formula is C10H21N5O2. The molecule has 0 spiro atoms. The summed E-state index contributed by atoms with van der Waals surface area (Å²) in [5, 5.41) is 0. The van der Waals surface area contributed by atoms with Crippen LogP contribution in [0.5, 0.6) is 0 Å². The number of nitrogens with zero attached hydrogens (tertiary/aromatic N) is 5. The van der Waals surface area contributed by atoms with Gasteiger partial charge < -0.3 is 19.4 Å². The molecule has 0 fully saturated rings. The highest BCUT2D eigenvalue weighted by Crippen LogP contribution is 1.95. The topological polar surface area (TPSA) is 60.7 Å². The van der Waals surface area contributed by atoms with Crippen molar-refractivity contribution < 1.29 is 9.53 Å². The molecule has 98 valence electrons. The third kappa shape index (κ3) is 5.19. The molecule has 0 aromatic carbocycles. The average Bonchev–Trinajstić information content (AvgIpc) is 2.22. The molecule has 0 radical (unpaired) electrons. The molecule has 2 amide bonds. The molecule has 7 nitrogen and oxygen atoms in total. The first-order valence-corrected chi connectivity index (χ1v) is 5.07. The van der Waals surface area contributed by atoms with Crippen LogP contribution in [0.1, 0.15) is 0 Å². The Labute approximate surface area is 102 Å². The molecule has 0 aromatic rings. The first kappa shape index (κ1) is 15.2. The fraction of sp³-hybridized carbons (Fsp3) is 0.700. The number of methoxy groups -OCH3 is 1. The summed E-state index contributed by atoms with van der Waals surface area (Å²) in [6, 6.07) is 0.00988. The van der Waals surface area contributed by atoms with Gasteiger partial charge in [-0.15, -0.1) is 0 Å². The van der Waals surface area contributed by atoms with Gasteiger partial charge in [0.2, 0.25) is 5.96 Å². The van der Waals surface area contributed by atoms with E-state index in [0.29, 0.717) is 6.02 Å². The van der Waals surface area contributed by atoms with E-state index < -0.39 is 0 Å². The van der Waals surface area contributed by atoms with Gasteiger partial charge in [-0.1, -0.05) is 0 Å². The minimum absolute atomic E-state index is 0.286. The molecule has 0 bridgehead atoms. The molecule has 0 rings (SSSR count). The molecule has 0 saturated heterocycles. The van der Waals surface area contributed by atoms with Crippen LogP contribution in [0.2, 0.25) is 0 Å². The van der Waals surface area contributed by atoms with Crippen molar-refractivity contribution >= 4 is 18.0 Å². The summed E-state index contributed by atoms with van der Waals surface area (Å²) >= 11 is 0. The highest BCUT2D eigenvalue weighted by molar-refractivity contribution is 5.98. The Morgan fingerprint density at radius 1 is 0.882 bits per heavy atom. The van der Waals surface area contributed by atoms with Crippen LogP contribution in [0.15, 0.2) is 9.98 Å². The van der Waals surface area contributed by atoms with Crippen LogP contribution in [-0.4, -0.2) is 82.1 Å². The van der Waals surface area contributed by atoms with Gasteiger partial charge in [0.25, 0.3) is 6.02 Å². The standard InChI is InChI=1S/C10H21N5O2/c1-13(2)8(11-9(16)14(3)4)12-10(17-7)15(5)6/h1-7H3/b11-8-,12-10-. The van der Waals surface area contributed by atoms with Crippen molar-refractivity contribution in [2.75, 3.05) is 49.4 Å². The van der Waals surface area contributed by atoms with Crippen molar-refractivity contribution in [3.05, 3.63) is 0 Å². The quantitative estimate of drug-likeness (QED) is 0.449. The first-order valence-electron chi connectivity index (χ1n) is 5.07. The van der Waals surface area contributed by atoms with Gasteiger partial charge in [0.1, 0.15) is 0 Å². The summed E-state index contributed by atoms with van der Waals surface area (Å²) in [7, 11) is 11.9. The average molecular weight is 243 g/mol. The fourth-order valence-electron chi connectivity index (χ4n) is 0.824. The van der Waals surface area contributed by atoms with Crippen LogP contribution in [0, 0.1) is 0 Å². The molecule has 0 heterocycles. The summed E-state index contributed by atoms with van der Waals surface area (Å²) in [4.78, 5) is 24.2. The van der Waals surface area contributed by atoms with Crippen LogP contribution in [0.25, 0.3) is 0 Å². The Balaban J connectivity index is 5.19. The van der Waals surface area contributed by atoms with Crippen molar-refractivity contribution in [3.8, 4) is 0 Å². The number of aliphatic imine (C=N–C) groups is 2. The van der Waals surface area contributed by atoms with E-state index in [0.717, 1.165) is 0 Å². The molecule has 7 heteroatoms. The van der Waals surface area contributed by atoms with Crippen molar-refractivity contribution in [1.82, 2.24) is 14.7 Å². The van der Waals surface area contributed by atoms with Gasteiger partial charge in [0.05, 0.1) is 7.11 Å². The lowest BCUT2D eigenvalue weighted by atomic mass is 10.7. The zero-order chi connectivity index (χ0) is 13.6. The summed E-state index contributed by atoms with van der Waals surface area (Å²) in [5.41, 5.74) is 0. The van der Waals surface area contributed by atoms with Gasteiger partial charge in [0.15, 0.2) is 0 Å². The third-order valence-corrected chi connectivity index (χ3v) is 1.74. The predicted molar refractivity (Wildman–Crippen MR) is 68.3 cm³/mol. The minimum atomic E-state index is -0.369. The van der Waals surface area contributed by atoms with Crippen molar-refractivity contribution in [2.24, 2.45) is 9.98 Å². The molecular weight excluding hydrogens is 222 g/mol. The van der Waals surface area contributed by atoms with Gasteiger partial charge >= 0.3 is 6.03 Å². The van der Waals surface area contributed by atoms with Gasteiger partial charge in [-0.25, -0.2) is 4.79 Å². The van der Waals surface area contributed by atoms with E-state index in [1.807, 2.05) is 0 Å². The van der Waals surface area contributed by atoms with E-state index in [1.165, 1.54) is 12.0 Å². The van der Waals surface area contributed by atoms with E-state index in [2.05, 4.69) is 9.98 Å². The maximum absolute atomic E-state index is 11.5. The number of amides is 2. The zero-order valence-corrected chi connectivity index (χ0v) is 11.6. The van der Waals surface area contributed by atoms with E-state index in [4.69, 9.17) is 4.74 Å². The van der Waals surface area contributed by atoms with Crippen LogP contribution in [0.4, 0.5) is 4.79 Å². The van der Waals surface area contributed by atoms with E-state index in [-0.39, 0.29) is 12.0 Å². The van der Waals surface area contributed by atoms with Crippen molar-refractivity contribution in [3.63, 3.8) is 0 Å². The molecule has 0 aromatic heterocycles. The number of carbonyl (C=O) groups is 1. The maximum Gasteiger partial charge on any atom is 0.346 e. The highest BCUT2D eigenvalue weighted by Gasteiger charge is 2.10. The fourth-order valence-corrected chi connectivity index (χ4v) is 0.824. The number of carbonyl (C=O) groups excluding carboxylic acids is 1. The number of guanidine groups is 1. The second-order valence-corrected chi connectivity index (χ2v) is 3.98.